The number of thioether (sulfide) groups is 1. The number of nitriles is 1. The lowest BCUT2D eigenvalue weighted by molar-refractivity contribution is -0.128. The van der Waals surface area contributed by atoms with Gasteiger partial charge in [-0.2, -0.15) is 5.26 Å². The fourth-order valence-electron chi connectivity index (χ4n) is 1.37. The molecule has 1 atom stereocenters. The zero-order valence-corrected chi connectivity index (χ0v) is 8.64. The number of hydrogen-bond acceptors (Lipinski definition) is 3. The van der Waals surface area contributed by atoms with Gasteiger partial charge in [-0.05, 0) is 18.6 Å². The van der Waals surface area contributed by atoms with E-state index in [0.717, 1.165) is 18.6 Å². The van der Waals surface area contributed by atoms with Crippen molar-refractivity contribution in [3.05, 3.63) is 0 Å². The van der Waals surface area contributed by atoms with E-state index in [1.54, 1.807) is 18.8 Å². The largest absolute Gasteiger partial charge is 0.331 e. The van der Waals surface area contributed by atoms with Crippen LogP contribution in [0.1, 0.15) is 19.3 Å². The van der Waals surface area contributed by atoms with Gasteiger partial charge in [-0.15, -0.1) is 11.8 Å². The van der Waals surface area contributed by atoms with Crippen LogP contribution in [0.5, 0.6) is 0 Å². The highest BCUT2D eigenvalue weighted by Crippen LogP contribution is 2.26. The van der Waals surface area contributed by atoms with Crippen molar-refractivity contribution < 1.29 is 4.79 Å². The highest BCUT2D eigenvalue weighted by Gasteiger charge is 2.24. The van der Waals surface area contributed by atoms with Crippen LogP contribution >= 0.6 is 11.8 Å². The van der Waals surface area contributed by atoms with E-state index in [4.69, 9.17) is 5.26 Å². The van der Waals surface area contributed by atoms with E-state index < -0.39 is 0 Å². The second-order valence-electron chi connectivity index (χ2n) is 3.21. The second kappa shape index (κ2) is 5.13. The van der Waals surface area contributed by atoms with Gasteiger partial charge in [0.05, 0.1) is 11.3 Å². The molecule has 3 nitrogen and oxygen atoms in total. The van der Waals surface area contributed by atoms with Gasteiger partial charge in [-0.1, -0.05) is 6.42 Å². The predicted octanol–water partition coefficient (Wildman–Crippen LogP) is 1.25. The first-order valence-electron chi connectivity index (χ1n) is 4.49. The topological polar surface area (TPSA) is 44.1 Å². The quantitative estimate of drug-likeness (QED) is 0.627. The molecule has 0 N–H and O–H groups in total. The van der Waals surface area contributed by atoms with Crippen LogP contribution in [0.2, 0.25) is 0 Å². The Labute approximate surface area is 83.1 Å². The molecule has 0 aliphatic carbocycles. The van der Waals surface area contributed by atoms with E-state index in [1.165, 1.54) is 11.3 Å². The van der Waals surface area contributed by atoms with Crippen LogP contribution in [0, 0.1) is 11.3 Å². The minimum Gasteiger partial charge on any atom is -0.331 e. The van der Waals surface area contributed by atoms with Gasteiger partial charge >= 0.3 is 0 Å². The lowest BCUT2D eigenvalue weighted by Gasteiger charge is -2.24. The van der Waals surface area contributed by atoms with Crippen LogP contribution in [0.3, 0.4) is 0 Å². The Kier molecular flexibility index (Phi) is 4.10. The van der Waals surface area contributed by atoms with Gasteiger partial charge in [0.1, 0.15) is 6.54 Å². The molecule has 1 amide bonds. The molecule has 1 aliphatic heterocycles. The molecule has 1 unspecified atom stereocenters. The fourth-order valence-corrected chi connectivity index (χ4v) is 2.68. The van der Waals surface area contributed by atoms with Crippen molar-refractivity contribution in [2.75, 3.05) is 19.3 Å². The third kappa shape index (κ3) is 2.92. The maximum atomic E-state index is 11.6. The van der Waals surface area contributed by atoms with Crippen molar-refractivity contribution in [1.82, 2.24) is 4.90 Å². The summed E-state index contributed by atoms with van der Waals surface area (Å²) in [4.78, 5) is 13.2. The molecule has 1 aliphatic rings. The summed E-state index contributed by atoms with van der Waals surface area (Å²) in [7, 11) is 1.70. The molecular weight excluding hydrogens is 184 g/mol. The van der Waals surface area contributed by atoms with Gasteiger partial charge in [-0.25, -0.2) is 0 Å². The Hall–Kier alpha value is -0.690. The van der Waals surface area contributed by atoms with E-state index >= 15 is 0 Å². The van der Waals surface area contributed by atoms with E-state index in [9.17, 15) is 4.79 Å². The van der Waals surface area contributed by atoms with Crippen LogP contribution < -0.4 is 0 Å². The lowest BCUT2D eigenvalue weighted by Crippen LogP contribution is -2.36. The first kappa shape index (κ1) is 10.4. The first-order valence-corrected chi connectivity index (χ1v) is 5.54. The second-order valence-corrected chi connectivity index (χ2v) is 4.52. The molecule has 0 bridgehead atoms. The van der Waals surface area contributed by atoms with Crippen LogP contribution in [0.15, 0.2) is 0 Å². The molecule has 0 aromatic heterocycles. The van der Waals surface area contributed by atoms with E-state index in [-0.39, 0.29) is 17.7 Å². The Morgan fingerprint density at radius 2 is 2.46 bits per heavy atom. The van der Waals surface area contributed by atoms with E-state index in [0.29, 0.717) is 0 Å². The Morgan fingerprint density at radius 1 is 1.69 bits per heavy atom. The normalized spacial score (nSPS) is 22.0. The van der Waals surface area contributed by atoms with Gasteiger partial charge in [0.2, 0.25) is 5.91 Å². The van der Waals surface area contributed by atoms with Crippen molar-refractivity contribution in [2.24, 2.45) is 0 Å². The van der Waals surface area contributed by atoms with Crippen molar-refractivity contribution in [2.45, 2.75) is 24.5 Å². The SMILES string of the molecule is CN(CC#N)C(=O)C1CCCCS1. The fraction of sp³-hybridized carbons (Fsp3) is 0.778. The van der Waals surface area contributed by atoms with E-state index in [1.807, 2.05) is 6.07 Å². The van der Waals surface area contributed by atoms with E-state index in [2.05, 4.69) is 0 Å². The van der Waals surface area contributed by atoms with Crippen LogP contribution in [-0.4, -0.2) is 35.4 Å². The molecule has 1 rings (SSSR count). The molecule has 13 heavy (non-hydrogen) atoms. The van der Waals surface area contributed by atoms with Gasteiger partial charge in [0, 0.05) is 7.05 Å². The summed E-state index contributed by atoms with van der Waals surface area (Å²) in [5.74, 6) is 1.20. The summed E-state index contributed by atoms with van der Waals surface area (Å²) in [5.41, 5.74) is 0. The molecule has 1 fully saturated rings. The molecule has 0 radical (unpaired) electrons. The lowest BCUT2D eigenvalue weighted by atomic mass is 10.2. The zero-order valence-electron chi connectivity index (χ0n) is 7.82. The number of carbonyl (C=O) groups is 1. The summed E-state index contributed by atoms with van der Waals surface area (Å²) in [6.07, 6.45) is 3.33. The van der Waals surface area contributed by atoms with Gasteiger partial charge in [-0.3, -0.25) is 4.79 Å². The van der Waals surface area contributed by atoms with Crippen molar-refractivity contribution >= 4 is 17.7 Å². The summed E-state index contributed by atoms with van der Waals surface area (Å²) in [5, 5.41) is 8.54. The van der Waals surface area contributed by atoms with Crippen molar-refractivity contribution in [3.63, 3.8) is 0 Å². The average molecular weight is 198 g/mol. The third-order valence-electron chi connectivity index (χ3n) is 2.14. The van der Waals surface area contributed by atoms with Gasteiger partial charge in [0.25, 0.3) is 0 Å². The van der Waals surface area contributed by atoms with Crippen LogP contribution in [0.4, 0.5) is 0 Å². The number of carbonyl (C=O) groups excluding carboxylic acids is 1. The molecular formula is C9H14N2OS. The molecule has 72 valence electrons. The summed E-state index contributed by atoms with van der Waals surface area (Å²) in [6.45, 7) is 0.204. The molecule has 4 heteroatoms. The molecule has 1 heterocycles. The minimum atomic E-state index is 0.104. The average Bonchev–Trinajstić information content (AvgIpc) is 2.18. The zero-order chi connectivity index (χ0) is 9.68. The van der Waals surface area contributed by atoms with Gasteiger partial charge < -0.3 is 4.90 Å². The molecule has 0 aromatic rings. The summed E-state index contributed by atoms with van der Waals surface area (Å²) in [6, 6.07) is 1.98. The standard InChI is InChI=1S/C9H14N2OS/c1-11(6-5-10)9(12)8-4-2-3-7-13-8/h8H,2-4,6-7H2,1H3. The Balaban J connectivity index is 2.41. The predicted molar refractivity (Wildman–Crippen MR) is 53.3 cm³/mol. The summed E-state index contributed by atoms with van der Waals surface area (Å²) >= 11 is 1.72. The molecule has 1 saturated heterocycles. The third-order valence-corrected chi connectivity index (χ3v) is 3.50. The maximum Gasteiger partial charge on any atom is 0.236 e. The molecule has 0 spiro atoms. The number of rotatable bonds is 2. The first-order chi connectivity index (χ1) is 6.25. The Morgan fingerprint density at radius 3 is 3.00 bits per heavy atom. The van der Waals surface area contributed by atoms with Gasteiger partial charge in [0.15, 0.2) is 0 Å². The highest BCUT2D eigenvalue weighted by molar-refractivity contribution is 8.00. The smallest absolute Gasteiger partial charge is 0.236 e. The van der Waals surface area contributed by atoms with Crippen molar-refractivity contribution in [1.29, 1.82) is 5.26 Å². The number of hydrogen-bond donors (Lipinski definition) is 0. The minimum absolute atomic E-state index is 0.104. The highest BCUT2D eigenvalue weighted by atomic mass is 32.2. The van der Waals surface area contributed by atoms with Crippen molar-refractivity contribution in [3.8, 4) is 6.07 Å². The monoisotopic (exact) mass is 198 g/mol. The Bertz CT molecular complexity index is 218. The summed E-state index contributed by atoms with van der Waals surface area (Å²) < 4.78 is 0. The van der Waals surface area contributed by atoms with Crippen LogP contribution in [-0.2, 0) is 4.79 Å². The van der Waals surface area contributed by atoms with Crippen LogP contribution in [0.25, 0.3) is 0 Å². The molecule has 0 saturated carbocycles. The maximum absolute atomic E-state index is 11.6. The number of amides is 1. The molecule has 0 aromatic carbocycles. The number of nitrogens with zero attached hydrogens (tertiary/aromatic N) is 2.